The highest BCUT2D eigenvalue weighted by Gasteiger charge is 2.62. The molecule has 1 heterocycles. The van der Waals surface area contributed by atoms with Crippen LogP contribution in [0.1, 0.15) is 53.9 Å². The van der Waals surface area contributed by atoms with Crippen molar-refractivity contribution in [1.82, 2.24) is 20.3 Å². The topological polar surface area (TPSA) is 154 Å². The number of anilines is 1. The molecule has 4 atom stereocenters. The summed E-state index contributed by atoms with van der Waals surface area (Å²) in [5, 5.41) is 4.30. The minimum Gasteiger partial charge on any atom is -0.434 e. The number of rotatable bonds is 11. The number of hydrogen-bond donors (Lipinski definition) is 3. The molecular weight excluding hydrogens is 783 g/mol. The van der Waals surface area contributed by atoms with Crippen LogP contribution in [-0.2, 0) is 29.1 Å². The van der Waals surface area contributed by atoms with Crippen LogP contribution in [0.5, 0.6) is 0 Å². The number of carbonyl (C=O) groups excluding carboxylic acids is 4. The van der Waals surface area contributed by atoms with Gasteiger partial charge in [0.25, 0.3) is 5.91 Å². The molecule has 12 nitrogen and oxygen atoms in total. The maximum Gasteiger partial charge on any atom is 0.427 e. The normalized spacial score (nSPS) is 22.4. The number of alkyl carbamates (subject to hydrolysis) is 1. The third kappa shape index (κ3) is 8.66. The Hall–Kier alpha value is -4.12. The Morgan fingerprint density at radius 3 is 2.19 bits per heavy atom. The predicted molar refractivity (Wildman–Crippen MR) is 195 cm³/mol. The van der Waals surface area contributed by atoms with E-state index in [2.05, 4.69) is 37.9 Å². The van der Waals surface area contributed by atoms with Crippen molar-refractivity contribution in [2.75, 3.05) is 18.1 Å². The molecule has 17 heteroatoms. The molecule has 3 aliphatic rings. The van der Waals surface area contributed by atoms with Crippen LogP contribution in [0.3, 0.4) is 0 Å². The highest BCUT2D eigenvalue weighted by molar-refractivity contribution is 9.10. The third-order valence-electron chi connectivity index (χ3n) is 9.72. The number of nitrogens with zero attached hydrogens (tertiary/aromatic N) is 2. The van der Waals surface area contributed by atoms with Crippen LogP contribution >= 0.6 is 15.9 Å². The molecule has 2 aromatic carbocycles. The van der Waals surface area contributed by atoms with Crippen LogP contribution in [0.4, 0.5) is 23.7 Å². The number of halogens is 4. The van der Waals surface area contributed by atoms with E-state index in [0.717, 1.165) is 15.6 Å². The molecule has 0 bridgehead atoms. The van der Waals surface area contributed by atoms with Gasteiger partial charge < -0.3 is 25.2 Å². The Balaban J connectivity index is 1.44. The van der Waals surface area contributed by atoms with Gasteiger partial charge >= 0.3 is 12.3 Å². The summed E-state index contributed by atoms with van der Waals surface area (Å²) >= 11 is 3.47. The van der Waals surface area contributed by atoms with E-state index in [1.54, 1.807) is 25.7 Å². The van der Waals surface area contributed by atoms with E-state index in [4.69, 9.17) is 4.74 Å². The van der Waals surface area contributed by atoms with E-state index < -0.39 is 79.8 Å². The van der Waals surface area contributed by atoms with Gasteiger partial charge in [0, 0.05) is 22.6 Å². The van der Waals surface area contributed by atoms with Crippen LogP contribution in [0.2, 0.25) is 0 Å². The molecule has 0 aromatic heterocycles. The van der Waals surface area contributed by atoms with Crippen LogP contribution < -0.4 is 20.3 Å². The number of carbonyl (C=O) groups is 4. The lowest BCUT2D eigenvalue weighted by Gasteiger charge is -2.36. The Labute approximate surface area is 315 Å². The molecule has 0 spiro atoms. The van der Waals surface area contributed by atoms with Crippen molar-refractivity contribution >= 4 is 55.5 Å². The van der Waals surface area contributed by atoms with Crippen molar-refractivity contribution in [3.8, 4) is 11.1 Å². The minimum absolute atomic E-state index is 0.0721. The van der Waals surface area contributed by atoms with Gasteiger partial charge in [0.2, 0.25) is 27.4 Å². The van der Waals surface area contributed by atoms with E-state index in [9.17, 15) is 40.8 Å². The summed E-state index contributed by atoms with van der Waals surface area (Å²) < 4.78 is 73.6. The largest absolute Gasteiger partial charge is 0.434 e. The number of hydrogen-bond acceptors (Lipinski definition) is 8. The van der Waals surface area contributed by atoms with Gasteiger partial charge in [-0.25, -0.2) is 13.2 Å². The Kier molecular flexibility index (Phi) is 10.8. The Bertz CT molecular complexity index is 1900. The summed E-state index contributed by atoms with van der Waals surface area (Å²) in [6.07, 6.45) is -4.05. The maximum absolute atomic E-state index is 14.4. The second-order valence-electron chi connectivity index (χ2n) is 15.3. The zero-order valence-corrected chi connectivity index (χ0v) is 32.3. The SMILES string of the molecule is C=C[C@@H]1C[C@]1(NC(=O)[C@@H]1CN(c2ccc(-c3cccc(Br)c3)cc2)CN1C(=O)[C@@H](NC(=O)OC(C)(C)C(F)(F)F)C(C)(C)C)C(=O)NS(=O)(=O)C1CC1. The zero-order chi connectivity index (χ0) is 39.3. The van der Waals surface area contributed by atoms with E-state index in [1.165, 1.54) is 11.0 Å². The van der Waals surface area contributed by atoms with E-state index in [0.29, 0.717) is 32.4 Å². The summed E-state index contributed by atoms with van der Waals surface area (Å²) in [5.41, 5.74) is -3.13. The fourth-order valence-electron chi connectivity index (χ4n) is 6.09. The number of alkyl halides is 3. The summed E-state index contributed by atoms with van der Waals surface area (Å²) in [5.74, 6) is -3.08. The lowest BCUT2D eigenvalue weighted by molar-refractivity contribution is -0.244. The number of nitrogens with one attached hydrogen (secondary N) is 3. The first-order chi connectivity index (χ1) is 24.5. The summed E-state index contributed by atoms with van der Waals surface area (Å²) in [4.78, 5) is 57.8. The zero-order valence-electron chi connectivity index (χ0n) is 29.9. The maximum atomic E-state index is 14.4. The summed E-state index contributed by atoms with van der Waals surface area (Å²) in [6, 6.07) is 12.3. The van der Waals surface area contributed by atoms with Crippen LogP contribution in [0.25, 0.3) is 11.1 Å². The number of ether oxygens (including phenoxy) is 1. The van der Waals surface area contributed by atoms with Gasteiger partial charge in [0.05, 0.1) is 11.9 Å². The molecule has 1 saturated heterocycles. The molecule has 0 unspecified atom stereocenters. The first kappa shape index (κ1) is 40.1. The highest BCUT2D eigenvalue weighted by Crippen LogP contribution is 2.45. The molecule has 0 radical (unpaired) electrons. The smallest absolute Gasteiger partial charge is 0.427 e. The standard InChI is InChI=1S/C36H43BrF3N5O7S/c1-7-23-18-35(23,31(48)43-53(50,51)26-15-16-26)42-29(46)27-19-44(25-13-11-21(12-14-25)22-9-8-10-24(37)17-22)20-45(27)30(47)28(33(2,3)4)41-32(49)52-34(5,6)36(38,39)40/h7-14,17,23,26-28H,1,15-16,18-20H2,2-6H3,(H,41,49)(H,42,46)(H,43,48)/t23-,27+,28-,35-/m1/s1. The first-order valence-corrected chi connectivity index (χ1v) is 19.3. The molecule has 2 saturated carbocycles. The first-order valence-electron chi connectivity index (χ1n) is 17.0. The predicted octanol–water partition coefficient (Wildman–Crippen LogP) is 5.24. The molecule has 4 amide bonds. The molecule has 53 heavy (non-hydrogen) atoms. The fourth-order valence-corrected chi connectivity index (χ4v) is 7.85. The third-order valence-corrected chi connectivity index (χ3v) is 12.0. The van der Waals surface area contributed by atoms with Gasteiger partial charge in [-0.05, 0) is 73.9 Å². The van der Waals surface area contributed by atoms with Crippen molar-refractivity contribution in [2.45, 2.75) is 88.5 Å². The molecule has 2 aromatic rings. The van der Waals surface area contributed by atoms with Crippen molar-refractivity contribution in [3.63, 3.8) is 0 Å². The monoisotopic (exact) mass is 825 g/mol. The summed E-state index contributed by atoms with van der Waals surface area (Å²) in [7, 11) is -3.96. The highest BCUT2D eigenvalue weighted by atomic mass is 79.9. The van der Waals surface area contributed by atoms with Gasteiger partial charge in [-0.1, -0.05) is 67.0 Å². The Morgan fingerprint density at radius 1 is 1.02 bits per heavy atom. The fraction of sp³-hybridized carbons (Fsp3) is 0.500. The molecule has 3 fully saturated rings. The second kappa shape index (κ2) is 14.3. The molecule has 288 valence electrons. The molecule has 5 rings (SSSR count). The van der Waals surface area contributed by atoms with Gasteiger partial charge in [-0.2, -0.15) is 13.2 Å². The van der Waals surface area contributed by atoms with E-state index >= 15 is 0 Å². The number of sulfonamides is 1. The van der Waals surface area contributed by atoms with Crippen molar-refractivity contribution in [1.29, 1.82) is 0 Å². The molecule has 2 aliphatic carbocycles. The molecule has 1 aliphatic heterocycles. The quantitative estimate of drug-likeness (QED) is 0.260. The van der Waals surface area contributed by atoms with Gasteiger partial charge in [-0.15, -0.1) is 6.58 Å². The van der Waals surface area contributed by atoms with E-state index in [-0.39, 0.29) is 19.6 Å². The van der Waals surface area contributed by atoms with Crippen molar-refractivity contribution < 1.29 is 45.5 Å². The number of benzene rings is 2. The van der Waals surface area contributed by atoms with E-state index in [1.807, 2.05) is 48.5 Å². The average molecular weight is 827 g/mol. The van der Waals surface area contributed by atoms with Crippen molar-refractivity contribution in [2.24, 2.45) is 11.3 Å². The Morgan fingerprint density at radius 2 is 1.66 bits per heavy atom. The lowest BCUT2D eigenvalue weighted by Crippen LogP contribution is -2.61. The molecular formula is C36H43BrF3N5O7S. The lowest BCUT2D eigenvalue weighted by atomic mass is 9.85. The van der Waals surface area contributed by atoms with Crippen LogP contribution in [0, 0.1) is 11.3 Å². The minimum atomic E-state index is -4.90. The summed E-state index contributed by atoms with van der Waals surface area (Å²) in [6.45, 7) is 9.59. The van der Waals surface area contributed by atoms with Gasteiger partial charge in [-0.3, -0.25) is 19.1 Å². The van der Waals surface area contributed by atoms with Gasteiger partial charge in [0.1, 0.15) is 17.6 Å². The van der Waals surface area contributed by atoms with Gasteiger partial charge in [0.15, 0.2) is 0 Å². The van der Waals surface area contributed by atoms with Crippen LogP contribution in [-0.4, -0.2) is 85.0 Å². The van der Waals surface area contributed by atoms with Crippen molar-refractivity contribution in [3.05, 3.63) is 65.7 Å². The number of amides is 4. The van der Waals surface area contributed by atoms with Crippen LogP contribution in [0.15, 0.2) is 65.7 Å². The molecule has 3 N–H and O–H groups in total. The second-order valence-corrected chi connectivity index (χ2v) is 18.1. The average Bonchev–Trinajstić information content (AvgIpc) is 3.98.